The van der Waals surface area contributed by atoms with Crippen LogP contribution in [0.4, 0.5) is 8.78 Å². The molecule has 7 heteroatoms. The number of guanidine groups is 1. The average Bonchev–Trinajstić information content (AvgIpc) is 3.15. The lowest BCUT2D eigenvalue weighted by atomic mass is 9.77. The molecule has 1 amide bonds. The average molecular weight is 390 g/mol. The van der Waals surface area contributed by atoms with Crippen molar-refractivity contribution in [2.75, 3.05) is 20.1 Å². The van der Waals surface area contributed by atoms with Gasteiger partial charge in [0.15, 0.2) is 11.6 Å². The highest BCUT2D eigenvalue weighted by Gasteiger charge is 2.38. The Bertz CT molecular complexity index is 790. The molecule has 0 unspecified atom stereocenters. The van der Waals surface area contributed by atoms with Crippen LogP contribution in [-0.2, 0) is 4.79 Å². The van der Waals surface area contributed by atoms with E-state index in [0.717, 1.165) is 32.0 Å². The smallest absolute Gasteiger partial charge is 0.216 e. The summed E-state index contributed by atoms with van der Waals surface area (Å²) in [7, 11) is 1.62. The zero-order valence-corrected chi connectivity index (χ0v) is 16.5. The summed E-state index contributed by atoms with van der Waals surface area (Å²) in [6, 6.07) is 3.95. The maximum Gasteiger partial charge on any atom is 0.216 e. The zero-order valence-electron chi connectivity index (χ0n) is 16.5. The van der Waals surface area contributed by atoms with Crippen LogP contribution in [0.3, 0.4) is 0 Å². The van der Waals surface area contributed by atoms with Crippen molar-refractivity contribution in [1.82, 2.24) is 9.80 Å². The van der Waals surface area contributed by atoms with Crippen LogP contribution in [0.1, 0.15) is 51.0 Å². The van der Waals surface area contributed by atoms with Crippen molar-refractivity contribution in [3.05, 3.63) is 41.2 Å². The summed E-state index contributed by atoms with van der Waals surface area (Å²) in [5.74, 6) is -1.38. The second-order valence-electron chi connectivity index (χ2n) is 7.93. The number of hydrogen-bond acceptors (Lipinski definition) is 3. The molecule has 28 heavy (non-hydrogen) atoms. The van der Waals surface area contributed by atoms with Gasteiger partial charge in [0, 0.05) is 31.3 Å². The number of halogens is 2. The van der Waals surface area contributed by atoms with Gasteiger partial charge in [-0.15, -0.1) is 0 Å². The Kier molecular flexibility index (Phi) is 6.01. The number of nitrogens with zero attached hydrogens (tertiary/aromatic N) is 3. The van der Waals surface area contributed by atoms with Crippen LogP contribution >= 0.6 is 0 Å². The second kappa shape index (κ2) is 8.29. The molecule has 2 aliphatic rings. The van der Waals surface area contributed by atoms with Crippen molar-refractivity contribution in [3.8, 4) is 0 Å². The Morgan fingerprint density at radius 1 is 1.21 bits per heavy atom. The maximum absolute atomic E-state index is 14.1. The molecule has 2 N–H and O–H groups in total. The van der Waals surface area contributed by atoms with Crippen LogP contribution in [0.25, 0.3) is 5.57 Å². The molecule has 3 rings (SSSR count). The van der Waals surface area contributed by atoms with Gasteiger partial charge in [-0.25, -0.2) is 8.78 Å². The summed E-state index contributed by atoms with van der Waals surface area (Å²) < 4.78 is 27.7. The van der Waals surface area contributed by atoms with Gasteiger partial charge >= 0.3 is 0 Å². The van der Waals surface area contributed by atoms with Gasteiger partial charge in [-0.2, -0.15) is 4.99 Å². The van der Waals surface area contributed by atoms with Crippen LogP contribution in [0.5, 0.6) is 0 Å². The van der Waals surface area contributed by atoms with E-state index in [1.165, 1.54) is 42.7 Å². The van der Waals surface area contributed by atoms with Crippen molar-refractivity contribution >= 4 is 17.9 Å². The third-order valence-electron chi connectivity index (χ3n) is 6.21. The molecule has 2 fully saturated rings. The summed E-state index contributed by atoms with van der Waals surface area (Å²) in [4.78, 5) is 19.3. The van der Waals surface area contributed by atoms with Crippen molar-refractivity contribution in [3.63, 3.8) is 0 Å². The first-order valence-electron chi connectivity index (χ1n) is 9.79. The molecule has 1 saturated heterocycles. The fourth-order valence-corrected chi connectivity index (χ4v) is 4.35. The lowest BCUT2D eigenvalue weighted by Crippen LogP contribution is -2.48. The Balaban J connectivity index is 1.87. The summed E-state index contributed by atoms with van der Waals surface area (Å²) in [6.45, 7) is 3.20. The highest BCUT2D eigenvalue weighted by Crippen LogP contribution is 2.46. The topological polar surface area (TPSA) is 61.9 Å². The van der Waals surface area contributed by atoms with Crippen molar-refractivity contribution < 1.29 is 13.6 Å². The molecule has 1 aliphatic heterocycles. The van der Waals surface area contributed by atoms with E-state index < -0.39 is 11.6 Å². The van der Waals surface area contributed by atoms with Crippen molar-refractivity contribution in [2.24, 2.45) is 16.1 Å². The first-order chi connectivity index (χ1) is 13.4. The van der Waals surface area contributed by atoms with Gasteiger partial charge < -0.3 is 10.6 Å². The molecule has 1 aliphatic carbocycles. The molecular formula is C21H28F2N4O. The lowest BCUT2D eigenvalue weighted by Gasteiger charge is -2.41. The monoisotopic (exact) mass is 390 g/mol. The number of hydrogen-bond donors (Lipinski definition) is 1. The van der Waals surface area contributed by atoms with Gasteiger partial charge in [-0.1, -0.05) is 25.0 Å². The van der Waals surface area contributed by atoms with E-state index in [4.69, 9.17) is 5.73 Å². The number of rotatable bonds is 3. The van der Waals surface area contributed by atoms with Gasteiger partial charge in [0.1, 0.15) is 5.82 Å². The minimum absolute atomic E-state index is 0.0642. The third-order valence-corrected chi connectivity index (χ3v) is 6.21. The van der Waals surface area contributed by atoms with Crippen LogP contribution in [0.2, 0.25) is 0 Å². The first-order valence-corrected chi connectivity index (χ1v) is 9.79. The predicted octanol–water partition coefficient (Wildman–Crippen LogP) is 3.71. The Hall–Kier alpha value is -2.44. The van der Waals surface area contributed by atoms with E-state index in [2.05, 4.69) is 9.89 Å². The molecule has 1 heterocycles. The number of likely N-dealkylation sites (tertiary alicyclic amines) is 1. The Morgan fingerprint density at radius 3 is 2.46 bits per heavy atom. The highest BCUT2D eigenvalue weighted by atomic mass is 19.2. The number of aliphatic imine (C=N–C) groups is 1. The summed E-state index contributed by atoms with van der Waals surface area (Å²) in [5.41, 5.74) is 6.95. The van der Waals surface area contributed by atoms with Gasteiger partial charge in [0.05, 0.1) is 0 Å². The van der Waals surface area contributed by atoms with Crippen LogP contribution in [0.15, 0.2) is 29.0 Å². The number of nitrogens with two attached hydrogens (primary N) is 1. The molecule has 5 nitrogen and oxygen atoms in total. The predicted molar refractivity (Wildman–Crippen MR) is 106 cm³/mol. The minimum Gasteiger partial charge on any atom is -0.383 e. The number of piperidine rings is 1. The van der Waals surface area contributed by atoms with Crippen molar-refractivity contribution in [1.29, 1.82) is 0 Å². The third kappa shape index (κ3) is 4.03. The molecule has 1 aromatic rings. The van der Waals surface area contributed by atoms with Gasteiger partial charge in [0.25, 0.3) is 0 Å². The van der Waals surface area contributed by atoms with E-state index in [1.807, 2.05) is 0 Å². The maximum atomic E-state index is 14.1. The number of amides is 1. The standard InChI is InChI=1S/C21H28F2N4O/c1-15(16-6-5-7-17(22)18(16)23)19(24)25-20(26(2)14-28)27-12-10-21(11-13-27)8-3-4-9-21/h5-7,14H,3-4,8-13,24H2,1-2H3/b19-15+,25-20+. The molecule has 0 aromatic heterocycles. The summed E-state index contributed by atoms with van der Waals surface area (Å²) >= 11 is 0. The first kappa shape index (κ1) is 20.3. The molecule has 152 valence electrons. The second-order valence-corrected chi connectivity index (χ2v) is 7.93. The van der Waals surface area contributed by atoms with Crippen LogP contribution in [-0.4, -0.2) is 42.3 Å². The van der Waals surface area contributed by atoms with E-state index in [-0.39, 0.29) is 11.4 Å². The van der Waals surface area contributed by atoms with Crippen LogP contribution < -0.4 is 5.73 Å². The van der Waals surface area contributed by atoms with E-state index in [1.54, 1.807) is 14.0 Å². The normalized spacial score (nSPS) is 20.3. The SMILES string of the molecule is C/C(=C(N)\N=C(/N(C)C=O)N1CCC2(CCCC2)CC1)c1cccc(F)c1F. The fourth-order valence-electron chi connectivity index (χ4n) is 4.35. The van der Waals surface area contributed by atoms with E-state index >= 15 is 0 Å². The van der Waals surface area contributed by atoms with Crippen LogP contribution in [0, 0.1) is 17.0 Å². The number of benzene rings is 1. The molecule has 1 aromatic carbocycles. The van der Waals surface area contributed by atoms with Gasteiger partial charge in [-0.05, 0) is 44.1 Å². The molecule has 0 atom stereocenters. The summed E-state index contributed by atoms with van der Waals surface area (Å²) in [5, 5.41) is 0. The van der Waals surface area contributed by atoms with Gasteiger partial charge in [-0.3, -0.25) is 9.69 Å². The molecule has 0 radical (unpaired) electrons. The van der Waals surface area contributed by atoms with E-state index in [9.17, 15) is 13.6 Å². The Labute approximate surface area is 164 Å². The number of allylic oxidation sites excluding steroid dienone is 1. The zero-order chi connectivity index (χ0) is 20.3. The highest BCUT2D eigenvalue weighted by molar-refractivity contribution is 5.90. The Morgan fingerprint density at radius 2 is 1.86 bits per heavy atom. The lowest BCUT2D eigenvalue weighted by molar-refractivity contribution is -0.114. The molecular weight excluding hydrogens is 362 g/mol. The number of carbonyl (C=O) groups excluding carboxylic acids is 1. The minimum atomic E-state index is -0.954. The number of carbonyl (C=O) groups is 1. The molecule has 1 saturated carbocycles. The van der Waals surface area contributed by atoms with E-state index in [0.29, 0.717) is 23.4 Å². The summed E-state index contributed by atoms with van der Waals surface area (Å²) in [6.07, 6.45) is 7.96. The quantitative estimate of drug-likeness (QED) is 0.486. The largest absolute Gasteiger partial charge is 0.383 e. The fraction of sp³-hybridized carbons (Fsp3) is 0.524. The van der Waals surface area contributed by atoms with Crippen molar-refractivity contribution in [2.45, 2.75) is 45.4 Å². The molecule has 1 spiro atoms. The molecule has 0 bridgehead atoms. The van der Waals surface area contributed by atoms with Gasteiger partial charge in [0.2, 0.25) is 12.4 Å².